The lowest BCUT2D eigenvalue weighted by atomic mass is 9.38. The van der Waals surface area contributed by atoms with Gasteiger partial charge >= 0.3 is 0 Å². The zero-order valence-corrected chi connectivity index (χ0v) is 9.48. The molecule has 1 aliphatic rings. The molecule has 0 radical (unpaired) electrons. The molecule has 1 heterocycles. The molecule has 1 aliphatic heterocycles. The minimum atomic E-state index is 0.337. The minimum absolute atomic E-state index is 0.337. The molecule has 0 saturated carbocycles. The first-order chi connectivity index (χ1) is 5.83. The largest absolute Gasteiger partial charge is 0.335 e. The molecule has 1 fully saturated rings. The van der Waals surface area contributed by atoms with Crippen LogP contribution >= 0.6 is 0 Å². The maximum Gasteiger partial charge on any atom is 0.123 e. The Balaban J connectivity index is 2.50. The van der Waals surface area contributed by atoms with E-state index in [4.69, 9.17) is 5.73 Å². The van der Waals surface area contributed by atoms with Crippen molar-refractivity contribution in [2.45, 2.75) is 23.9 Å². The fraction of sp³-hybridized carbons (Fsp3) is 1.00. The Morgan fingerprint density at radius 3 is 2.15 bits per heavy atom. The summed E-state index contributed by atoms with van der Waals surface area (Å²) in [6.45, 7) is 2.32. The van der Waals surface area contributed by atoms with Crippen LogP contribution in [0.3, 0.4) is 0 Å². The van der Waals surface area contributed by atoms with Gasteiger partial charge in [-0.1, -0.05) is 6.42 Å². The summed E-state index contributed by atoms with van der Waals surface area (Å²) in [5, 5.41) is 3.80. The SMILES string of the molecule is BC(N)CC1(CC(B)(B)B)CNC1. The van der Waals surface area contributed by atoms with Crippen LogP contribution in [0.4, 0.5) is 0 Å². The van der Waals surface area contributed by atoms with Crippen molar-refractivity contribution in [1.82, 2.24) is 5.32 Å². The van der Waals surface area contributed by atoms with Gasteiger partial charge in [0.2, 0.25) is 0 Å². The van der Waals surface area contributed by atoms with E-state index < -0.39 is 0 Å². The smallest absolute Gasteiger partial charge is 0.123 e. The molecule has 0 spiro atoms. The summed E-state index contributed by atoms with van der Waals surface area (Å²) in [5.74, 6) is 0.337. The van der Waals surface area contributed by atoms with Gasteiger partial charge in [-0.2, -0.15) is 0 Å². The van der Waals surface area contributed by atoms with E-state index in [-0.39, 0.29) is 0 Å². The van der Waals surface area contributed by atoms with E-state index in [1.807, 2.05) is 0 Å². The van der Waals surface area contributed by atoms with E-state index in [0.29, 0.717) is 16.5 Å². The van der Waals surface area contributed by atoms with Gasteiger partial charge < -0.3 is 11.1 Å². The molecule has 0 aromatic carbocycles. The highest BCUT2D eigenvalue weighted by molar-refractivity contribution is 6.58. The second-order valence-corrected chi connectivity index (χ2v) is 6.02. The summed E-state index contributed by atoms with van der Waals surface area (Å²) < 4.78 is 0. The highest BCUT2D eigenvalue weighted by atomic mass is 15.0. The van der Waals surface area contributed by atoms with Crippen LogP contribution in [0.1, 0.15) is 12.8 Å². The summed E-state index contributed by atoms with van der Waals surface area (Å²) in [4.78, 5) is 0. The summed E-state index contributed by atoms with van der Waals surface area (Å²) in [6, 6.07) is 0. The summed E-state index contributed by atoms with van der Waals surface area (Å²) >= 11 is 0. The van der Waals surface area contributed by atoms with Crippen LogP contribution in [0.5, 0.6) is 0 Å². The van der Waals surface area contributed by atoms with E-state index >= 15 is 0 Å². The number of hydrogen-bond donors (Lipinski definition) is 2. The Morgan fingerprint density at radius 1 is 1.38 bits per heavy atom. The van der Waals surface area contributed by atoms with Crippen LogP contribution in [-0.4, -0.2) is 50.4 Å². The van der Waals surface area contributed by atoms with Gasteiger partial charge in [0.1, 0.15) is 7.85 Å². The van der Waals surface area contributed by atoms with Gasteiger partial charge in [-0.3, -0.25) is 0 Å². The lowest BCUT2D eigenvalue weighted by molar-refractivity contribution is 0.138. The van der Waals surface area contributed by atoms with Crippen molar-refractivity contribution in [3.63, 3.8) is 0 Å². The quantitative estimate of drug-likeness (QED) is 0.431. The Hall–Kier alpha value is 0.180. The first-order valence-electron chi connectivity index (χ1n) is 5.29. The molecule has 6 heteroatoms. The summed E-state index contributed by atoms with van der Waals surface area (Å²) in [6.07, 6.45) is 2.45. The van der Waals surface area contributed by atoms with Gasteiger partial charge in [0.25, 0.3) is 0 Å². The van der Waals surface area contributed by atoms with Crippen LogP contribution < -0.4 is 11.1 Å². The fourth-order valence-electron chi connectivity index (χ4n) is 2.63. The number of hydrogen-bond acceptors (Lipinski definition) is 2. The third-order valence-electron chi connectivity index (χ3n) is 2.66. The van der Waals surface area contributed by atoms with Gasteiger partial charge in [-0.25, -0.2) is 0 Å². The van der Waals surface area contributed by atoms with E-state index in [9.17, 15) is 0 Å². The van der Waals surface area contributed by atoms with Crippen LogP contribution in [0.2, 0.25) is 5.11 Å². The normalized spacial score (nSPS) is 23.5. The Kier molecular flexibility index (Phi) is 3.24. The maximum absolute atomic E-state index is 5.88. The molecule has 1 saturated heterocycles. The highest BCUT2D eigenvalue weighted by Crippen LogP contribution is 2.39. The van der Waals surface area contributed by atoms with E-state index in [0.717, 1.165) is 19.5 Å². The van der Waals surface area contributed by atoms with E-state index in [1.54, 1.807) is 0 Å². The van der Waals surface area contributed by atoms with Crippen molar-refractivity contribution in [2.24, 2.45) is 11.1 Å². The monoisotopic (exact) mass is 176 g/mol. The van der Waals surface area contributed by atoms with Gasteiger partial charge in [0.15, 0.2) is 0 Å². The molecule has 0 aromatic rings. The average molecular weight is 175 g/mol. The van der Waals surface area contributed by atoms with Crippen molar-refractivity contribution in [2.75, 3.05) is 13.1 Å². The topological polar surface area (TPSA) is 38.0 Å². The zero-order valence-electron chi connectivity index (χ0n) is 9.48. The standard InChI is InChI=1S/C7H20B4N2/c8-5(12)1-6(3-13-4-6)2-7(9,10)11/h5,13H,1-4,8-12H2. The molecule has 0 bridgehead atoms. The van der Waals surface area contributed by atoms with Gasteiger partial charge in [-0.15, -0.1) is 5.11 Å². The Bertz CT molecular complexity index is 174. The zero-order chi connectivity index (χ0) is 10.1. The van der Waals surface area contributed by atoms with Crippen LogP contribution in [-0.2, 0) is 0 Å². The first-order valence-corrected chi connectivity index (χ1v) is 5.29. The molecule has 1 atom stereocenters. The molecule has 0 aromatic heterocycles. The maximum atomic E-state index is 5.88. The lowest BCUT2D eigenvalue weighted by Gasteiger charge is -2.48. The molecular weight excluding hydrogens is 155 g/mol. The molecule has 2 nitrogen and oxygen atoms in total. The second kappa shape index (κ2) is 3.74. The van der Waals surface area contributed by atoms with Crippen molar-refractivity contribution in [3.8, 4) is 0 Å². The highest BCUT2D eigenvalue weighted by Gasteiger charge is 2.39. The van der Waals surface area contributed by atoms with Gasteiger partial charge in [-0.05, 0) is 17.8 Å². The molecule has 13 heavy (non-hydrogen) atoms. The van der Waals surface area contributed by atoms with Gasteiger partial charge in [0, 0.05) is 13.1 Å². The van der Waals surface area contributed by atoms with E-state index in [2.05, 4.69) is 36.7 Å². The van der Waals surface area contributed by atoms with Crippen molar-refractivity contribution < 1.29 is 0 Å². The third-order valence-corrected chi connectivity index (χ3v) is 2.66. The predicted molar refractivity (Wildman–Crippen MR) is 69.4 cm³/mol. The van der Waals surface area contributed by atoms with Crippen LogP contribution in [0.15, 0.2) is 0 Å². The molecule has 0 aliphatic carbocycles. The average Bonchev–Trinajstić information content (AvgIpc) is 1.78. The Labute approximate surface area is 85.4 Å². The van der Waals surface area contributed by atoms with Crippen molar-refractivity contribution in [3.05, 3.63) is 0 Å². The predicted octanol–water partition coefficient (Wildman–Crippen LogP) is -3.75. The van der Waals surface area contributed by atoms with Crippen molar-refractivity contribution >= 4 is 31.4 Å². The first kappa shape index (κ1) is 11.3. The summed E-state index contributed by atoms with van der Waals surface area (Å²) in [5.41, 5.74) is 6.37. The molecule has 1 rings (SSSR count). The molecule has 0 amide bonds. The van der Waals surface area contributed by atoms with E-state index in [1.165, 1.54) is 6.42 Å². The van der Waals surface area contributed by atoms with Crippen molar-refractivity contribution in [1.29, 1.82) is 0 Å². The minimum Gasteiger partial charge on any atom is -0.335 e. The second-order valence-electron chi connectivity index (χ2n) is 6.02. The third kappa shape index (κ3) is 3.43. The number of rotatable bonds is 4. The lowest BCUT2D eigenvalue weighted by Crippen LogP contribution is -2.57. The summed E-state index contributed by atoms with van der Waals surface area (Å²) in [7, 11) is 9.06. The van der Waals surface area contributed by atoms with Gasteiger partial charge in [0.05, 0.1) is 23.5 Å². The molecule has 1 unspecified atom stereocenters. The van der Waals surface area contributed by atoms with Crippen LogP contribution in [0, 0.1) is 5.41 Å². The van der Waals surface area contributed by atoms with Crippen LogP contribution in [0.25, 0.3) is 0 Å². The fourth-order valence-corrected chi connectivity index (χ4v) is 2.63. The Morgan fingerprint density at radius 2 is 1.92 bits per heavy atom. The number of nitrogens with one attached hydrogen (secondary N) is 1. The number of nitrogens with two attached hydrogens (primary N) is 1. The molecule has 70 valence electrons. The molecule has 3 N–H and O–H groups in total. The molecular formula is C7H20B4N2.